The van der Waals surface area contributed by atoms with Crippen molar-refractivity contribution in [1.82, 2.24) is 9.97 Å². The number of imidazole rings is 1. The Morgan fingerprint density at radius 2 is 1.71 bits per heavy atom. The SMILES string of the molecule is COc1cc2nc(-c3ccc(O)cc3O)[nH]c2cc1OC. The van der Waals surface area contributed by atoms with Gasteiger partial charge in [-0.2, -0.15) is 0 Å². The number of benzene rings is 2. The van der Waals surface area contributed by atoms with Gasteiger partial charge in [0.15, 0.2) is 11.5 Å². The normalized spacial score (nSPS) is 10.8. The van der Waals surface area contributed by atoms with Crippen LogP contribution in [-0.4, -0.2) is 34.4 Å². The van der Waals surface area contributed by atoms with Gasteiger partial charge in [-0.05, 0) is 12.1 Å². The number of aromatic hydroxyl groups is 2. The number of fused-ring (bicyclic) bond motifs is 1. The van der Waals surface area contributed by atoms with Crippen LogP contribution in [0.2, 0.25) is 0 Å². The van der Waals surface area contributed by atoms with Gasteiger partial charge in [-0.15, -0.1) is 0 Å². The van der Waals surface area contributed by atoms with Crippen molar-refractivity contribution in [1.29, 1.82) is 0 Å². The number of hydrogen-bond acceptors (Lipinski definition) is 5. The van der Waals surface area contributed by atoms with Gasteiger partial charge in [-0.3, -0.25) is 0 Å². The van der Waals surface area contributed by atoms with Crippen molar-refractivity contribution in [3.63, 3.8) is 0 Å². The van der Waals surface area contributed by atoms with E-state index in [0.29, 0.717) is 28.4 Å². The summed E-state index contributed by atoms with van der Waals surface area (Å²) in [6.07, 6.45) is 0. The molecular weight excluding hydrogens is 272 g/mol. The number of phenols is 2. The minimum atomic E-state index is -0.0482. The number of nitrogens with one attached hydrogen (secondary N) is 1. The molecule has 3 N–H and O–H groups in total. The Balaban J connectivity index is 2.16. The Morgan fingerprint density at radius 3 is 2.38 bits per heavy atom. The molecular formula is C15H14N2O4. The van der Waals surface area contributed by atoms with E-state index in [4.69, 9.17) is 9.47 Å². The van der Waals surface area contributed by atoms with E-state index in [-0.39, 0.29) is 11.5 Å². The predicted molar refractivity (Wildman–Crippen MR) is 78.0 cm³/mol. The number of aromatic amines is 1. The molecule has 0 saturated heterocycles. The van der Waals surface area contributed by atoms with Crippen molar-refractivity contribution in [3.05, 3.63) is 30.3 Å². The number of H-pyrrole nitrogens is 1. The molecule has 0 aliphatic rings. The second-order valence-corrected chi connectivity index (χ2v) is 4.51. The lowest BCUT2D eigenvalue weighted by atomic mass is 10.2. The van der Waals surface area contributed by atoms with Gasteiger partial charge in [0.05, 0.1) is 30.8 Å². The van der Waals surface area contributed by atoms with Crippen LogP contribution in [0.4, 0.5) is 0 Å². The van der Waals surface area contributed by atoms with Crippen molar-refractivity contribution < 1.29 is 19.7 Å². The van der Waals surface area contributed by atoms with Gasteiger partial charge in [0.1, 0.15) is 17.3 Å². The summed E-state index contributed by atoms with van der Waals surface area (Å²) >= 11 is 0. The van der Waals surface area contributed by atoms with E-state index in [0.717, 1.165) is 5.52 Å². The van der Waals surface area contributed by atoms with Crippen molar-refractivity contribution in [2.45, 2.75) is 0 Å². The van der Waals surface area contributed by atoms with Crippen molar-refractivity contribution in [3.8, 4) is 34.4 Å². The molecule has 108 valence electrons. The molecule has 0 fully saturated rings. The third-order valence-corrected chi connectivity index (χ3v) is 3.22. The average molecular weight is 286 g/mol. The van der Waals surface area contributed by atoms with E-state index in [1.54, 1.807) is 32.4 Å². The van der Waals surface area contributed by atoms with Crippen LogP contribution in [0.1, 0.15) is 0 Å². The van der Waals surface area contributed by atoms with Crippen LogP contribution in [-0.2, 0) is 0 Å². The maximum Gasteiger partial charge on any atom is 0.163 e. The third-order valence-electron chi connectivity index (χ3n) is 3.22. The van der Waals surface area contributed by atoms with E-state index in [1.807, 2.05) is 0 Å². The first-order valence-electron chi connectivity index (χ1n) is 6.26. The fraction of sp³-hybridized carbons (Fsp3) is 0.133. The molecule has 21 heavy (non-hydrogen) atoms. The zero-order valence-electron chi connectivity index (χ0n) is 11.5. The highest BCUT2D eigenvalue weighted by atomic mass is 16.5. The van der Waals surface area contributed by atoms with Crippen LogP contribution >= 0.6 is 0 Å². The van der Waals surface area contributed by atoms with Gasteiger partial charge in [-0.1, -0.05) is 0 Å². The number of rotatable bonds is 3. The summed E-state index contributed by atoms with van der Waals surface area (Å²) in [5.41, 5.74) is 1.95. The molecule has 0 amide bonds. The molecule has 3 rings (SSSR count). The highest BCUT2D eigenvalue weighted by Gasteiger charge is 2.13. The minimum absolute atomic E-state index is 0.00398. The van der Waals surface area contributed by atoms with Gasteiger partial charge in [-0.25, -0.2) is 4.98 Å². The Morgan fingerprint density at radius 1 is 1.00 bits per heavy atom. The molecule has 2 aromatic carbocycles. The van der Waals surface area contributed by atoms with E-state index in [2.05, 4.69) is 9.97 Å². The zero-order chi connectivity index (χ0) is 15.0. The fourth-order valence-corrected chi connectivity index (χ4v) is 2.18. The monoisotopic (exact) mass is 286 g/mol. The van der Waals surface area contributed by atoms with Gasteiger partial charge in [0, 0.05) is 18.2 Å². The molecule has 0 spiro atoms. The maximum absolute atomic E-state index is 9.90. The second kappa shape index (κ2) is 4.90. The number of aromatic nitrogens is 2. The Kier molecular flexibility index (Phi) is 3.06. The van der Waals surface area contributed by atoms with E-state index < -0.39 is 0 Å². The lowest BCUT2D eigenvalue weighted by Crippen LogP contribution is -1.89. The zero-order valence-corrected chi connectivity index (χ0v) is 11.5. The van der Waals surface area contributed by atoms with Crippen LogP contribution in [0.25, 0.3) is 22.4 Å². The minimum Gasteiger partial charge on any atom is -0.508 e. The Hall–Kier alpha value is -2.89. The summed E-state index contributed by atoms with van der Waals surface area (Å²) < 4.78 is 10.5. The molecule has 6 nitrogen and oxygen atoms in total. The summed E-state index contributed by atoms with van der Waals surface area (Å²) in [6, 6.07) is 7.89. The molecule has 0 saturated carbocycles. The van der Waals surface area contributed by atoms with Crippen LogP contribution < -0.4 is 9.47 Å². The number of nitrogens with zero attached hydrogens (tertiary/aromatic N) is 1. The van der Waals surface area contributed by atoms with Crippen molar-refractivity contribution >= 4 is 11.0 Å². The van der Waals surface area contributed by atoms with E-state index in [1.165, 1.54) is 12.1 Å². The number of ether oxygens (including phenoxy) is 2. The molecule has 0 aliphatic carbocycles. The van der Waals surface area contributed by atoms with Crippen LogP contribution in [0.3, 0.4) is 0 Å². The molecule has 0 bridgehead atoms. The second-order valence-electron chi connectivity index (χ2n) is 4.51. The van der Waals surface area contributed by atoms with E-state index in [9.17, 15) is 10.2 Å². The smallest absolute Gasteiger partial charge is 0.163 e. The summed E-state index contributed by atoms with van der Waals surface area (Å²) in [6.45, 7) is 0. The Bertz CT molecular complexity index is 770. The van der Waals surface area contributed by atoms with E-state index >= 15 is 0 Å². The average Bonchev–Trinajstić information content (AvgIpc) is 2.87. The third kappa shape index (κ3) is 2.20. The van der Waals surface area contributed by atoms with Crippen molar-refractivity contribution in [2.24, 2.45) is 0 Å². The first kappa shape index (κ1) is 13.1. The van der Waals surface area contributed by atoms with Crippen molar-refractivity contribution in [2.75, 3.05) is 14.2 Å². The molecule has 6 heteroatoms. The Labute approximate surface area is 120 Å². The van der Waals surface area contributed by atoms with Gasteiger partial charge in [0.25, 0.3) is 0 Å². The summed E-state index contributed by atoms with van der Waals surface area (Å²) in [7, 11) is 3.12. The molecule has 3 aromatic rings. The first-order valence-corrected chi connectivity index (χ1v) is 6.26. The molecule has 1 aromatic heterocycles. The lowest BCUT2D eigenvalue weighted by Gasteiger charge is -2.06. The fourth-order valence-electron chi connectivity index (χ4n) is 2.18. The summed E-state index contributed by atoms with van der Waals surface area (Å²) in [5.74, 6) is 1.62. The standard InChI is InChI=1S/C15H14N2O4/c1-20-13-6-10-11(7-14(13)21-2)17-15(16-10)9-4-3-8(18)5-12(9)19/h3-7,18-19H,1-2H3,(H,16,17). The summed E-state index contributed by atoms with van der Waals surface area (Å²) in [4.78, 5) is 7.53. The molecule has 1 heterocycles. The molecule has 0 atom stereocenters. The number of phenolic OH excluding ortho intramolecular Hbond substituents is 2. The molecule has 0 aliphatic heterocycles. The van der Waals surface area contributed by atoms with Crippen LogP contribution in [0, 0.1) is 0 Å². The quantitative estimate of drug-likeness (QED) is 0.689. The molecule has 0 radical (unpaired) electrons. The summed E-state index contributed by atoms with van der Waals surface area (Å²) in [5, 5.41) is 19.2. The molecule has 0 unspecified atom stereocenters. The highest BCUT2D eigenvalue weighted by Crippen LogP contribution is 2.35. The lowest BCUT2D eigenvalue weighted by molar-refractivity contribution is 0.356. The largest absolute Gasteiger partial charge is 0.508 e. The maximum atomic E-state index is 9.90. The topological polar surface area (TPSA) is 87.6 Å². The predicted octanol–water partition coefficient (Wildman–Crippen LogP) is 2.66. The first-order chi connectivity index (χ1) is 10.1. The highest BCUT2D eigenvalue weighted by molar-refractivity contribution is 5.84. The number of methoxy groups -OCH3 is 2. The van der Waals surface area contributed by atoms with Gasteiger partial charge in [0.2, 0.25) is 0 Å². The van der Waals surface area contributed by atoms with Gasteiger partial charge >= 0.3 is 0 Å². The number of hydrogen-bond donors (Lipinski definition) is 3. The van der Waals surface area contributed by atoms with Gasteiger partial charge < -0.3 is 24.7 Å². The van der Waals surface area contributed by atoms with Crippen LogP contribution in [0.5, 0.6) is 23.0 Å². The van der Waals surface area contributed by atoms with Crippen LogP contribution in [0.15, 0.2) is 30.3 Å².